The molecular weight excluding hydrogens is 343 g/mol. The second-order valence-corrected chi connectivity index (χ2v) is 7.04. The zero-order valence-corrected chi connectivity index (χ0v) is 14.7. The number of H-pyrrole nitrogens is 1. The van der Waals surface area contributed by atoms with Gasteiger partial charge in [0.05, 0.1) is 31.6 Å². The molecule has 4 rings (SSSR count). The highest BCUT2D eigenvalue weighted by atomic mass is 19.4. The number of benzene rings is 1. The molecular formula is C19H22F3N3O. The summed E-state index contributed by atoms with van der Waals surface area (Å²) in [5.74, 6) is 0.739. The van der Waals surface area contributed by atoms with Crippen LogP contribution < -0.4 is 4.74 Å². The van der Waals surface area contributed by atoms with Crippen LogP contribution >= 0.6 is 0 Å². The van der Waals surface area contributed by atoms with Crippen LogP contribution in [0.3, 0.4) is 0 Å². The Morgan fingerprint density at radius 2 is 2.00 bits per heavy atom. The van der Waals surface area contributed by atoms with E-state index in [4.69, 9.17) is 4.74 Å². The maximum absolute atomic E-state index is 12.8. The standard InChI is InChI=1S/C19H22F3N3O/c1-26-16-10-13-4-2-3-12(13)9-14(16)18-17-15(23-11-24-17)5-7-25(18)8-6-19(20,21)22/h9-11,18H,2-8H2,1H3,(H,23,24)/t18-/m0/s1. The SMILES string of the molecule is COc1cc2c(cc1[C@H]1c3nc[nH]c3CCN1CCC(F)(F)F)CCC2. The van der Waals surface area contributed by atoms with Crippen LogP contribution in [-0.2, 0) is 19.3 Å². The van der Waals surface area contributed by atoms with Crippen LogP contribution in [0.15, 0.2) is 18.5 Å². The Morgan fingerprint density at radius 1 is 1.23 bits per heavy atom. The van der Waals surface area contributed by atoms with Crippen molar-refractivity contribution in [2.45, 2.75) is 44.3 Å². The number of rotatable bonds is 4. The summed E-state index contributed by atoms with van der Waals surface area (Å²) in [4.78, 5) is 9.47. The highest BCUT2D eigenvalue weighted by Gasteiger charge is 2.36. The van der Waals surface area contributed by atoms with Gasteiger partial charge in [-0.25, -0.2) is 4.98 Å². The number of imidazole rings is 1. The van der Waals surface area contributed by atoms with Crippen LogP contribution in [-0.4, -0.2) is 41.2 Å². The number of nitrogens with zero attached hydrogens (tertiary/aromatic N) is 2. The summed E-state index contributed by atoms with van der Waals surface area (Å²) in [7, 11) is 1.62. The summed E-state index contributed by atoms with van der Waals surface area (Å²) in [6.07, 6.45) is 0.464. The predicted octanol–water partition coefficient (Wildman–Crippen LogP) is 3.81. The second-order valence-electron chi connectivity index (χ2n) is 7.04. The van der Waals surface area contributed by atoms with Crippen LogP contribution in [0.2, 0.25) is 0 Å². The molecule has 0 fully saturated rings. The van der Waals surface area contributed by atoms with Gasteiger partial charge in [-0.05, 0) is 42.5 Å². The van der Waals surface area contributed by atoms with E-state index in [1.807, 2.05) is 4.90 Å². The number of fused-ring (bicyclic) bond motifs is 2. The first kappa shape index (κ1) is 17.4. The number of aromatic nitrogens is 2. The molecule has 4 nitrogen and oxygen atoms in total. The van der Waals surface area contributed by atoms with Crippen molar-refractivity contribution < 1.29 is 17.9 Å². The average Bonchev–Trinajstić information content (AvgIpc) is 3.25. The fourth-order valence-corrected chi connectivity index (χ4v) is 4.19. The summed E-state index contributed by atoms with van der Waals surface area (Å²) < 4.78 is 44.1. The van der Waals surface area contributed by atoms with Crippen molar-refractivity contribution in [1.29, 1.82) is 0 Å². The monoisotopic (exact) mass is 365 g/mol. The number of hydrogen-bond donors (Lipinski definition) is 1. The van der Waals surface area contributed by atoms with E-state index in [1.165, 1.54) is 11.1 Å². The Hall–Kier alpha value is -2.02. The molecule has 26 heavy (non-hydrogen) atoms. The van der Waals surface area contributed by atoms with Crippen LogP contribution in [0.4, 0.5) is 13.2 Å². The number of hydrogen-bond acceptors (Lipinski definition) is 3. The summed E-state index contributed by atoms with van der Waals surface area (Å²) in [5.41, 5.74) is 5.29. The first-order valence-electron chi connectivity index (χ1n) is 8.99. The predicted molar refractivity (Wildman–Crippen MR) is 91.4 cm³/mol. The third-order valence-corrected chi connectivity index (χ3v) is 5.45. The Morgan fingerprint density at radius 3 is 2.73 bits per heavy atom. The molecule has 7 heteroatoms. The van der Waals surface area contributed by atoms with Crippen molar-refractivity contribution in [1.82, 2.24) is 14.9 Å². The highest BCUT2D eigenvalue weighted by Crippen LogP contribution is 2.41. The van der Waals surface area contributed by atoms with Gasteiger partial charge < -0.3 is 9.72 Å². The Labute approximate surface area is 150 Å². The van der Waals surface area contributed by atoms with E-state index in [0.29, 0.717) is 13.0 Å². The summed E-state index contributed by atoms with van der Waals surface area (Å²) in [6, 6.07) is 3.87. The lowest BCUT2D eigenvalue weighted by Crippen LogP contribution is -2.38. The molecule has 0 amide bonds. The van der Waals surface area contributed by atoms with E-state index in [9.17, 15) is 13.2 Å². The Balaban J connectivity index is 1.75. The number of alkyl halides is 3. The van der Waals surface area contributed by atoms with Crippen molar-refractivity contribution in [2.75, 3.05) is 20.2 Å². The zero-order chi connectivity index (χ0) is 18.3. The van der Waals surface area contributed by atoms with E-state index >= 15 is 0 Å². The van der Waals surface area contributed by atoms with Gasteiger partial charge in [-0.15, -0.1) is 0 Å². The third-order valence-electron chi connectivity index (χ3n) is 5.45. The van der Waals surface area contributed by atoms with E-state index in [-0.39, 0.29) is 12.6 Å². The quantitative estimate of drug-likeness (QED) is 0.896. The van der Waals surface area contributed by atoms with Crippen molar-refractivity contribution in [2.24, 2.45) is 0 Å². The molecule has 2 heterocycles. The Bertz CT molecular complexity index is 800. The molecule has 1 aromatic carbocycles. The lowest BCUT2D eigenvalue weighted by Gasteiger charge is -2.36. The van der Waals surface area contributed by atoms with Crippen LogP contribution in [0, 0.1) is 0 Å². The number of aryl methyl sites for hydroxylation is 2. The summed E-state index contributed by atoms with van der Waals surface area (Å²) in [5, 5.41) is 0. The molecule has 0 radical (unpaired) electrons. The molecule has 0 saturated heterocycles. The molecule has 0 spiro atoms. The van der Waals surface area contributed by atoms with Gasteiger partial charge in [-0.1, -0.05) is 0 Å². The fourth-order valence-electron chi connectivity index (χ4n) is 4.19. The van der Waals surface area contributed by atoms with Crippen molar-refractivity contribution in [3.8, 4) is 5.75 Å². The van der Waals surface area contributed by atoms with Gasteiger partial charge >= 0.3 is 6.18 Å². The van der Waals surface area contributed by atoms with E-state index in [0.717, 1.165) is 42.0 Å². The smallest absolute Gasteiger partial charge is 0.390 e. The van der Waals surface area contributed by atoms with Gasteiger partial charge in [0.25, 0.3) is 0 Å². The molecule has 1 aliphatic carbocycles. The Kier molecular flexibility index (Phi) is 4.42. The van der Waals surface area contributed by atoms with Gasteiger partial charge in [0.15, 0.2) is 0 Å². The average molecular weight is 365 g/mol. The van der Waals surface area contributed by atoms with Gasteiger partial charge in [0.2, 0.25) is 0 Å². The first-order valence-corrected chi connectivity index (χ1v) is 8.99. The van der Waals surface area contributed by atoms with Crippen LogP contribution in [0.1, 0.15) is 47.0 Å². The minimum Gasteiger partial charge on any atom is -0.496 e. The maximum atomic E-state index is 12.8. The molecule has 1 aromatic heterocycles. The van der Waals surface area contributed by atoms with Crippen molar-refractivity contribution >= 4 is 0 Å². The van der Waals surface area contributed by atoms with E-state index < -0.39 is 12.6 Å². The second kappa shape index (κ2) is 6.61. The molecule has 0 saturated carbocycles. The zero-order valence-electron chi connectivity index (χ0n) is 14.7. The van der Waals surface area contributed by atoms with Crippen molar-refractivity contribution in [3.05, 3.63) is 46.5 Å². The fraction of sp³-hybridized carbons (Fsp3) is 0.526. The van der Waals surface area contributed by atoms with Gasteiger partial charge in [-0.3, -0.25) is 4.90 Å². The normalized spacial score (nSPS) is 20.1. The molecule has 0 unspecified atom stereocenters. The van der Waals surface area contributed by atoms with Crippen LogP contribution in [0.25, 0.3) is 0 Å². The minimum absolute atomic E-state index is 0.0410. The number of methoxy groups -OCH3 is 1. The molecule has 140 valence electrons. The molecule has 1 aliphatic heterocycles. The number of nitrogens with one attached hydrogen (secondary N) is 1. The summed E-state index contributed by atoms with van der Waals surface area (Å²) in [6.45, 7) is 0.525. The topological polar surface area (TPSA) is 41.1 Å². The van der Waals surface area contributed by atoms with Gasteiger partial charge in [0, 0.05) is 30.8 Å². The molecule has 0 bridgehead atoms. The lowest BCUT2D eigenvalue weighted by atomic mass is 9.92. The summed E-state index contributed by atoms with van der Waals surface area (Å²) >= 11 is 0. The minimum atomic E-state index is -4.17. The van der Waals surface area contributed by atoms with Gasteiger partial charge in [0.1, 0.15) is 5.75 Å². The number of halogens is 3. The molecule has 2 aliphatic rings. The lowest BCUT2D eigenvalue weighted by molar-refractivity contribution is -0.139. The van der Waals surface area contributed by atoms with Gasteiger partial charge in [-0.2, -0.15) is 13.2 Å². The molecule has 2 aromatic rings. The first-order chi connectivity index (χ1) is 12.5. The van der Waals surface area contributed by atoms with E-state index in [1.54, 1.807) is 13.4 Å². The van der Waals surface area contributed by atoms with Crippen molar-refractivity contribution in [3.63, 3.8) is 0 Å². The largest absolute Gasteiger partial charge is 0.496 e. The van der Waals surface area contributed by atoms with Crippen LogP contribution in [0.5, 0.6) is 5.75 Å². The molecule has 1 N–H and O–H groups in total. The third kappa shape index (κ3) is 3.20. The number of ether oxygens (including phenoxy) is 1. The van der Waals surface area contributed by atoms with E-state index in [2.05, 4.69) is 22.1 Å². The highest BCUT2D eigenvalue weighted by molar-refractivity contribution is 5.49. The number of aromatic amines is 1. The maximum Gasteiger partial charge on any atom is 0.390 e. The molecule has 1 atom stereocenters.